The Morgan fingerprint density at radius 2 is 2.33 bits per heavy atom. The fraction of sp³-hybridized carbons (Fsp3) is 0.182. The first-order valence-electron chi connectivity index (χ1n) is 5.22. The van der Waals surface area contributed by atoms with Crippen molar-refractivity contribution in [2.45, 2.75) is 6.54 Å². The predicted octanol–water partition coefficient (Wildman–Crippen LogP) is 2.08. The Labute approximate surface area is 102 Å². The molecule has 0 aliphatic carbocycles. The van der Waals surface area contributed by atoms with Gasteiger partial charge in [-0.1, -0.05) is 12.1 Å². The minimum Gasteiger partial charge on any atom is -0.378 e. The number of hydrogen-bond donors (Lipinski definition) is 1. The smallest absolute Gasteiger partial charge is 0.305 e. The van der Waals surface area contributed by atoms with E-state index >= 15 is 0 Å². The number of nitrogens with zero attached hydrogens (tertiary/aromatic N) is 3. The van der Waals surface area contributed by atoms with E-state index in [0.717, 1.165) is 11.8 Å². The third-order valence-corrected chi connectivity index (χ3v) is 2.44. The van der Waals surface area contributed by atoms with Gasteiger partial charge in [-0.3, -0.25) is 14.8 Å². The van der Waals surface area contributed by atoms with Crippen LogP contribution in [-0.4, -0.2) is 14.7 Å². The van der Waals surface area contributed by atoms with Gasteiger partial charge in [-0.05, 0) is 0 Å². The Bertz CT molecular complexity index is 582. The molecule has 18 heavy (non-hydrogen) atoms. The molecule has 0 spiro atoms. The first-order chi connectivity index (χ1) is 8.58. The molecular formula is C11H11FN4O2. The highest BCUT2D eigenvalue weighted by Crippen LogP contribution is 2.20. The van der Waals surface area contributed by atoms with Gasteiger partial charge in [0.25, 0.3) is 0 Å². The molecule has 94 valence electrons. The summed E-state index contributed by atoms with van der Waals surface area (Å²) in [5, 5.41) is 17.5. The molecule has 6 nitrogen and oxygen atoms in total. The van der Waals surface area contributed by atoms with Crippen LogP contribution in [0.3, 0.4) is 0 Å². The van der Waals surface area contributed by atoms with E-state index in [9.17, 15) is 14.5 Å². The van der Waals surface area contributed by atoms with Gasteiger partial charge < -0.3 is 5.32 Å². The van der Waals surface area contributed by atoms with Crippen LogP contribution >= 0.6 is 0 Å². The molecule has 7 heteroatoms. The van der Waals surface area contributed by atoms with Crippen LogP contribution in [0.15, 0.2) is 30.6 Å². The summed E-state index contributed by atoms with van der Waals surface area (Å²) in [7, 11) is 1.76. The highest BCUT2D eigenvalue weighted by atomic mass is 19.1. The van der Waals surface area contributed by atoms with E-state index in [0.29, 0.717) is 0 Å². The lowest BCUT2D eigenvalue weighted by molar-refractivity contribution is -0.387. The Hall–Kier alpha value is -2.44. The number of rotatable bonds is 4. The van der Waals surface area contributed by atoms with E-state index in [1.165, 1.54) is 12.1 Å². The minimum absolute atomic E-state index is 0.166. The lowest BCUT2D eigenvalue weighted by Crippen LogP contribution is -2.03. The zero-order chi connectivity index (χ0) is 13.1. The summed E-state index contributed by atoms with van der Waals surface area (Å²) >= 11 is 0. The molecule has 0 aliphatic heterocycles. The number of hydrogen-bond acceptors (Lipinski definition) is 4. The maximum Gasteiger partial charge on any atom is 0.305 e. The van der Waals surface area contributed by atoms with E-state index < -0.39 is 16.4 Å². The molecule has 2 rings (SSSR count). The van der Waals surface area contributed by atoms with Gasteiger partial charge in [-0.15, -0.1) is 0 Å². The molecule has 2 aromatic rings. The molecular weight excluding hydrogens is 239 g/mol. The Morgan fingerprint density at radius 1 is 1.56 bits per heavy atom. The molecule has 1 aromatic carbocycles. The van der Waals surface area contributed by atoms with Crippen molar-refractivity contribution >= 4 is 11.4 Å². The predicted molar refractivity (Wildman–Crippen MR) is 63.6 cm³/mol. The molecule has 0 radical (unpaired) electrons. The summed E-state index contributed by atoms with van der Waals surface area (Å²) in [5.74, 6) is -0.807. The molecule has 0 unspecified atom stereocenters. The van der Waals surface area contributed by atoms with Crippen LogP contribution < -0.4 is 5.32 Å². The Kier molecular flexibility index (Phi) is 3.22. The molecule has 0 fully saturated rings. The molecule has 0 saturated carbocycles. The van der Waals surface area contributed by atoms with Crippen molar-refractivity contribution in [1.82, 2.24) is 9.78 Å². The van der Waals surface area contributed by atoms with Gasteiger partial charge in [0.05, 0.1) is 16.8 Å². The fourth-order valence-electron chi connectivity index (χ4n) is 1.55. The largest absolute Gasteiger partial charge is 0.378 e. The second kappa shape index (κ2) is 4.82. The second-order valence-electron chi connectivity index (χ2n) is 3.76. The minimum atomic E-state index is -0.807. The van der Waals surface area contributed by atoms with Crippen molar-refractivity contribution in [3.8, 4) is 0 Å². The lowest BCUT2D eigenvalue weighted by Gasteiger charge is -2.05. The van der Waals surface area contributed by atoms with Gasteiger partial charge in [-0.2, -0.15) is 9.49 Å². The summed E-state index contributed by atoms with van der Waals surface area (Å²) in [4.78, 5) is 9.85. The van der Waals surface area contributed by atoms with E-state index in [4.69, 9.17) is 0 Å². The Balaban J connectivity index is 2.14. The van der Waals surface area contributed by atoms with Crippen LogP contribution in [0.25, 0.3) is 0 Å². The maximum absolute atomic E-state index is 13.7. The van der Waals surface area contributed by atoms with Crippen LogP contribution in [0.1, 0.15) is 5.56 Å². The average Bonchev–Trinajstić information content (AvgIpc) is 2.73. The molecule has 0 bridgehead atoms. The Morgan fingerprint density at radius 3 is 2.94 bits per heavy atom. The zero-order valence-electron chi connectivity index (χ0n) is 9.63. The number of aryl methyl sites for hydroxylation is 1. The molecule has 0 atom stereocenters. The van der Waals surface area contributed by atoms with Crippen LogP contribution in [0.5, 0.6) is 0 Å². The summed E-state index contributed by atoms with van der Waals surface area (Å²) in [5.41, 5.74) is 0.456. The quantitative estimate of drug-likeness (QED) is 0.666. The molecule has 0 saturated heterocycles. The van der Waals surface area contributed by atoms with Gasteiger partial charge in [0.1, 0.15) is 0 Å². The maximum atomic E-state index is 13.7. The van der Waals surface area contributed by atoms with Crippen LogP contribution in [0, 0.1) is 15.9 Å². The third-order valence-electron chi connectivity index (χ3n) is 2.44. The van der Waals surface area contributed by atoms with Crippen molar-refractivity contribution < 1.29 is 9.31 Å². The SMILES string of the molecule is Cn1cc(NCc2cccc([N+](=O)[O-])c2F)cn1. The normalized spacial score (nSPS) is 10.3. The van der Waals surface area contributed by atoms with Gasteiger partial charge in [-0.25, -0.2) is 0 Å². The molecule has 0 aliphatic rings. The number of nitro benzene ring substituents is 1. The number of halogens is 1. The van der Waals surface area contributed by atoms with Gasteiger partial charge >= 0.3 is 5.69 Å². The standard InChI is InChI=1S/C11H11FN4O2/c1-15-7-9(6-14-15)13-5-8-3-2-4-10(11(8)12)16(17)18/h2-4,6-7,13H,5H2,1H3. The summed E-state index contributed by atoms with van der Waals surface area (Å²) in [6, 6.07) is 4.11. The van der Waals surface area contributed by atoms with Crippen LogP contribution in [0.4, 0.5) is 15.8 Å². The third kappa shape index (κ3) is 2.45. The number of nitro groups is 1. The fourth-order valence-corrected chi connectivity index (χ4v) is 1.55. The lowest BCUT2D eigenvalue weighted by atomic mass is 10.2. The number of aromatic nitrogens is 2. The first kappa shape index (κ1) is 12.0. The van der Waals surface area contributed by atoms with Crippen molar-refractivity contribution in [1.29, 1.82) is 0 Å². The first-order valence-corrected chi connectivity index (χ1v) is 5.22. The van der Waals surface area contributed by atoms with Crippen molar-refractivity contribution in [2.75, 3.05) is 5.32 Å². The van der Waals surface area contributed by atoms with Crippen LogP contribution in [0.2, 0.25) is 0 Å². The summed E-state index contributed by atoms with van der Waals surface area (Å²) < 4.78 is 15.3. The van der Waals surface area contributed by atoms with Gasteiger partial charge in [0.15, 0.2) is 0 Å². The second-order valence-corrected chi connectivity index (χ2v) is 3.76. The molecule has 1 heterocycles. The van der Waals surface area contributed by atoms with Crippen molar-refractivity contribution in [3.05, 3.63) is 52.1 Å². The monoisotopic (exact) mass is 250 g/mol. The van der Waals surface area contributed by atoms with E-state index in [1.807, 2.05) is 0 Å². The molecule has 1 N–H and O–H groups in total. The van der Waals surface area contributed by atoms with Gasteiger partial charge in [0.2, 0.25) is 5.82 Å². The topological polar surface area (TPSA) is 73.0 Å². The van der Waals surface area contributed by atoms with Crippen LogP contribution in [-0.2, 0) is 13.6 Å². The highest BCUT2D eigenvalue weighted by molar-refractivity contribution is 5.42. The van der Waals surface area contributed by atoms with Crippen molar-refractivity contribution in [3.63, 3.8) is 0 Å². The van der Waals surface area contributed by atoms with Gasteiger partial charge in [0, 0.05) is 31.4 Å². The zero-order valence-corrected chi connectivity index (χ0v) is 9.63. The highest BCUT2D eigenvalue weighted by Gasteiger charge is 2.16. The number of benzene rings is 1. The molecule has 0 amide bonds. The van der Waals surface area contributed by atoms with E-state index in [2.05, 4.69) is 10.4 Å². The number of nitrogens with one attached hydrogen (secondary N) is 1. The van der Waals surface area contributed by atoms with Crippen molar-refractivity contribution in [2.24, 2.45) is 7.05 Å². The molecule has 1 aromatic heterocycles. The number of anilines is 1. The summed E-state index contributed by atoms with van der Waals surface area (Å²) in [6.07, 6.45) is 3.32. The van der Waals surface area contributed by atoms with E-state index in [-0.39, 0.29) is 12.1 Å². The average molecular weight is 250 g/mol. The summed E-state index contributed by atoms with van der Waals surface area (Å²) in [6.45, 7) is 0.166. The van der Waals surface area contributed by atoms with E-state index in [1.54, 1.807) is 24.1 Å².